The molecule has 3 rings (SSSR count). The molecule has 0 spiro atoms. The highest BCUT2D eigenvalue weighted by Gasteiger charge is 2.10. The number of rotatable bonds is 4. The Bertz CT molecular complexity index is 1020. The van der Waals surface area contributed by atoms with Gasteiger partial charge in [-0.2, -0.15) is 10.4 Å². The second-order valence-corrected chi connectivity index (χ2v) is 4.82. The van der Waals surface area contributed by atoms with Gasteiger partial charge in [-0.15, -0.1) is 0 Å². The molecule has 0 bridgehead atoms. The Hall–Kier alpha value is -3.66. The van der Waals surface area contributed by atoms with Crippen LogP contribution >= 0.6 is 0 Å². The van der Waals surface area contributed by atoms with Crippen LogP contribution in [0.1, 0.15) is 5.82 Å². The van der Waals surface area contributed by atoms with E-state index in [9.17, 15) is 10.1 Å². The van der Waals surface area contributed by atoms with E-state index >= 15 is 0 Å². The van der Waals surface area contributed by atoms with E-state index < -0.39 is 0 Å². The molecule has 2 N–H and O–H groups in total. The third-order valence-electron chi connectivity index (χ3n) is 3.34. The standard InChI is InChI=1S/C17H13N5O2/c1-24-15-9-5-4-8-13(15)21-22-14(10-18)16-19-12-7-3-2-6-11(12)17(23)20-16/h2-9,21H,1H3,(H,19,20,23)/b22-14-. The maximum atomic E-state index is 12.1. The molecule has 3 aromatic rings. The number of aromatic nitrogens is 2. The van der Waals surface area contributed by atoms with Gasteiger partial charge in [-0.05, 0) is 24.3 Å². The predicted octanol–water partition coefficient (Wildman–Crippen LogP) is 2.27. The Balaban J connectivity index is 2.00. The Labute approximate surface area is 137 Å². The van der Waals surface area contributed by atoms with Gasteiger partial charge in [-0.1, -0.05) is 24.3 Å². The lowest BCUT2D eigenvalue weighted by Crippen LogP contribution is -2.16. The number of nitrogens with zero attached hydrogens (tertiary/aromatic N) is 3. The zero-order chi connectivity index (χ0) is 16.9. The van der Waals surface area contributed by atoms with Gasteiger partial charge in [0, 0.05) is 0 Å². The van der Waals surface area contributed by atoms with Crippen molar-refractivity contribution < 1.29 is 4.74 Å². The number of H-pyrrole nitrogens is 1. The van der Waals surface area contributed by atoms with Gasteiger partial charge in [-0.25, -0.2) is 4.98 Å². The Morgan fingerprint density at radius 3 is 2.79 bits per heavy atom. The summed E-state index contributed by atoms with van der Waals surface area (Å²) in [5.41, 5.74) is 3.49. The van der Waals surface area contributed by atoms with Gasteiger partial charge in [-0.3, -0.25) is 10.2 Å². The second-order valence-electron chi connectivity index (χ2n) is 4.82. The number of methoxy groups -OCH3 is 1. The molecule has 1 aromatic heterocycles. The molecule has 0 aliphatic rings. The summed E-state index contributed by atoms with van der Waals surface area (Å²) in [4.78, 5) is 19.0. The lowest BCUT2D eigenvalue weighted by Gasteiger charge is -2.07. The molecule has 0 unspecified atom stereocenters. The highest BCUT2D eigenvalue weighted by molar-refractivity contribution is 6.10. The monoisotopic (exact) mass is 319 g/mol. The molecule has 0 aliphatic heterocycles. The third-order valence-corrected chi connectivity index (χ3v) is 3.34. The summed E-state index contributed by atoms with van der Waals surface area (Å²) < 4.78 is 5.21. The summed E-state index contributed by atoms with van der Waals surface area (Å²) >= 11 is 0. The van der Waals surface area contributed by atoms with Crippen molar-refractivity contribution >= 4 is 22.3 Å². The number of para-hydroxylation sites is 3. The molecule has 0 aliphatic carbocycles. The van der Waals surface area contributed by atoms with E-state index in [4.69, 9.17) is 4.74 Å². The first-order valence-electron chi connectivity index (χ1n) is 7.09. The molecule has 7 heteroatoms. The number of nitriles is 1. The average Bonchev–Trinajstić information content (AvgIpc) is 2.62. The number of nitrogens with one attached hydrogen (secondary N) is 2. The topological polar surface area (TPSA) is 103 Å². The largest absolute Gasteiger partial charge is 0.495 e. The molecular weight excluding hydrogens is 306 g/mol. The minimum atomic E-state index is -0.323. The zero-order valence-corrected chi connectivity index (χ0v) is 12.8. The summed E-state index contributed by atoms with van der Waals surface area (Å²) in [5.74, 6) is 0.683. The van der Waals surface area contributed by atoms with Crippen LogP contribution in [0.25, 0.3) is 10.9 Å². The van der Waals surface area contributed by atoms with Crippen LogP contribution in [-0.2, 0) is 0 Å². The Kier molecular flexibility index (Phi) is 4.21. The van der Waals surface area contributed by atoms with Crippen molar-refractivity contribution in [3.63, 3.8) is 0 Å². The van der Waals surface area contributed by atoms with Gasteiger partial charge in [0.15, 0.2) is 5.82 Å². The smallest absolute Gasteiger partial charge is 0.259 e. The normalized spacial score (nSPS) is 11.1. The summed E-state index contributed by atoms with van der Waals surface area (Å²) in [7, 11) is 1.54. The van der Waals surface area contributed by atoms with E-state index in [1.54, 1.807) is 36.4 Å². The molecule has 0 atom stereocenters. The first kappa shape index (κ1) is 15.2. The maximum absolute atomic E-state index is 12.1. The minimum Gasteiger partial charge on any atom is -0.495 e. The molecule has 7 nitrogen and oxygen atoms in total. The lowest BCUT2D eigenvalue weighted by atomic mass is 10.2. The molecule has 2 aromatic carbocycles. The van der Waals surface area contributed by atoms with Crippen molar-refractivity contribution in [2.45, 2.75) is 0 Å². The molecule has 24 heavy (non-hydrogen) atoms. The fourth-order valence-electron chi connectivity index (χ4n) is 2.18. The quantitative estimate of drug-likeness (QED) is 0.567. The van der Waals surface area contributed by atoms with Crippen LogP contribution in [0.15, 0.2) is 58.4 Å². The third kappa shape index (κ3) is 2.94. The molecule has 0 saturated heterocycles. The highest BCUT2D eigenvalue weighted by Crippen LogP contribution is 2.22. The Morgan fingerprint density at radius 2 is 2.00 bits per heavy atom. The number of hydrogen-bond donors (Lipinski definition) is 2. The molecule has 0 radical (unpaired) electrons. The first-order chi connectivity index (χ1) is 11.7. The number of hydrogen-bond acceptors (Lipinski definition) is 6. The predicted molar refractivity (Wildman–Crippen MR) is 91.1 cm³/mol. The van der Waals surface area contributed by atoms with E-state index in [-0.39, 0.29) is 17.1 Å². The number of fused-ring (bicyclic) bond motifs is 1. The van der Waals surface area contributed by atoms with Gasteiger partial charge in [0.25, 0.3) is 5.56 Å². The van der Waals surface area contributed by atoms with E-state index in [0.717, 1.165) is 0 Å². The fraction of sp³-hybridized carbons (Fsp3) is 0.0588. The van der Waals surface area contributed by atoms with Crippen molar-refractivity contribution in [2.75, 3.05) is 12.5 Å². The number of aromatic amines is 1. The van der Waals surface area contributed by atoms with Gasteiger partial charge >= 0.3 is 0 Å². The second kappa shape index (κ2) is 6.62. The number of anilines is 1. The summed E-state index contributed by atoms with van der Waals surface area (Å²) in [6.45, 7) is 0. The molecular formula is C17H13N5O2. The van der Waals surface area contributed by atoms with Crippen molar-refractivity contribution in [2.24, 2.45) is 5.10 Å². The van der Waals surface area contributed by atoms with Crippen LogP contribution in [-0.4, -0.2) is 22.8 Å². The fourth-order valence-corrected chi connectivity index (χ4v) is 2.18. The van der Waals surface area contributed by atoms with Gasteiger partial charge < -0.3 is 9.72 Å². The minimum absolute atomic E-state index is 0.0382. The van der Waals surface area contributed by atoms with E-state index in [2.05, 4.69) is 20.5 Å². The maximum Gasteiger partial charge on any atom is 0.259 e. The summed E-state index contributed by atoms with van der Waals surface area (Å²) in [6, 6.07) is 16.0. The molecule has 1 heterocycles. The van der Waals surface area contributed by atoms with Crippen LogP contribution < -0.4 is 15.7 Å². The van der Waals surface area contributed by atoms with Crippen LogP contribution in [0.2, 0.25) is 0 Å². The number of ether oxygens (including phenoxy) is 1. The SMILES string of the molecule is COc1ccccc1N/N=C(/C#N)c1nc2ccccc2c(=O)[nH]1. The van der Waals surface area contributed by atoms with Crippen molar-refractivity contribution in [3.8, 4) is 11.8 Å². The van der Waals surface area contributed by atoms with Crippen molar-refractivity contribution in [1.29, 1.82) is 5.26 Å². The van der Waals surface area contributed by atoms with Crippen LogP contribution in [0.4, 0.5) is 5.69 Å². The molecule has 0 amide bonds. The summed E-state index contributed by atoms with van der Waals surface area (Å²) in [5, 5.41) is 13.8. The average molecular weight is 319 g/mol. The number of benzene rings is 2. The van der Waals surface area contributed by atoms with Gasteiger partial charge in [0.2, 0.25) is 5.71 Å². The highest BCUT2D eigenvalue weighted by atomic mass is 16.5. The summed E-state index contributed by atoms with van der Waals surface area (Å²) in [6.07, 6.45) is 0. The van der Waals surface area contributed by atoms with Crippen LogP contribution in [0.5, 0.6) is 5.75 Å². The molecule has 0 saturated carbocycles. The zero-order valence-electron chi connectivity index (χ0n) is 12.8. The van der Waals surface area contributed by atoms with Crippen molar-refractivity contribution in [1.82, 2.24) is 9.97 Å². The first-order valence-corrected chi connectivity index (χ1v) is 7.09. The van der Waals surface area contributed by atoms with Crippen molar-refractivity contribution in [3.05, 3.63) is 64.7 Å². The van der Waals surface area contributed by atoms with Crippen LogP contribution in [0.3, 0.4) is 0 Å². The van der Waals surface area contributed by atoms with E-state index in [1.807, 2.05) is 18.2 Å². The molecule has 0 fully saturated rings. The van der Waals surface area contributed by atoms with Gasteiger partial charge in [0.1, 0.15) is 11.8 Å². The molecule has 118 valence electrons. The van der Waals surface area contributed by atoms with Crippen LogP contribution in [0, 0.1) is 11.3 Å². The Morgan fingerprint density at radius 1 is 1.25 bits per heavy atom. The lowest BCUT2D eigenvalue weighted by molar-refractivity contribution is 0.416. The van der Waals surface area contributed by atoms with E-state index in [1.165, 1.54) is 7.11 Å². The van der Waals surface area contributed by atoms with E-state index in [0.29, 0.717) is 22.3 Å². The van der Waals surface area contributed by atoms with Gasteiger partial charge in [0.05, 0.1) is 23.7 Å². The number of hydrazone groups is 1.